The standard InChI is InChI=1S/C14H18/c1-2-12-8-6-7-11-14(12)13-9-4-3-5-10-13/h6-9,11H,2-5,10H2,1H3. The van der Waals surface area contributed by atoms with Gasteiger partial charge in [-0.25, -0.2) is 0 Å². The summed E-state index contributed by atoms with van der Waals surface area (Å²) in [5, 5.41) is 0. The van der Waals surface area contributed by atoms with Crippen LogP contribution in [0.1, 0.15) is 43.7 Å². The number of allylic oxidation sites excluding steroid dienone is 2. The van der Waals surface area contributed by atoms with Crippen LogP contribution in [-0.2, 0) is 6.42 Å². The SMILES string of the molecule is CCc1ccccc1C1=CCCCC1. The number of aryl methyl sites for hydroxylation is 1. The lowest BCUT2D eigenvalue weighted by molar-refractivity contribution is 0.741. The molecule has 0 amide bonds. The maximum atomic E-state index is 2.43. The lowest BCUT2D eigenvalue weighted by Crippen LogP contribution is -1.95. The van der Waals surface area contributed by atoms with E-state index >= 15 is 0 Å². The molecule has 0 heteroatoms. The van der Waals surface area contributed by atoms with Crippen LogP contribution in [0.4, 0.5) is 0 Å². The summed E-state index contributed by atoms with van der Waals surface area (Å²) >= 11 is 0. The zero-order valence-electron chi connectivity index (χ0n) is 8.92. The third-order valence-electron chi connectivity index (χ3n) is 3.04. The zero-order chi connectivity index (χ0) is 9.80. The van der Waals surface area contributed by atoms with E-state index in [0.29, 0.717) is 0 Å². The Balaban J connectivity index is 2.34. The van der Waals surface area contributed by atoms with Gasteiger partial charge in [0.25, 0.3) is 0 Å². The van der Waals surface area contributed by atoms with Gasteiger partial charge in [0.15, 0.2) is 0 Å². The first-order chi connectivity index (χ1) is 6.92. The summed E-state index contributed by atoms with van der Waals surface area (Å²) in [5.41, 5.74) is 4.57. The van der Waals surface area contributed by atoms with Gasteiger partial charge < -0.3 is 0 Å². The van der Waals surface area contributed by atoms with E-state index in [1.807, 2.05) is 0 Å². The molecule has 1 aliphatic rings. The first-order valence-electron chi connectivity index (χ1n) is 5.69. The molecule has 2 rings (SSSR count). The molecule has 0 aliphatic heterocycles. The van der Waals surface area contributed by atoms with Gasteiger partial charge in [-0.3, -0.25) is 0 Å². The van der Waals surface area contributed by atoms with Crippen LogP contribution in [0, 0.1) is 0 Å². The third kappa shape index (κ3) is 1.89. The van der Waals surface area contributed by atoms with Gasteiger partial charge in [0.1, 0.15) is 0 Å². The molecule has 0 saturated heterocycles. The Kier molecular flexibility index (Phi) is 3.03. The monoisotopic (exact) mass is 186 g/mol. The molecule has 1 aromatic carbocycles. The Morgan fingerprint density at radius 3 is 2.71 bits per heavy atom. The minimum atomic E-state index is 1.15. The number of benzene rings is 1. The van der Waals surface area contributed by atoms with Crippen LogP contribution in [0.3, 0.4) is 0 Å². The van der Waals surface area contributed by atoms with Gasteiger partial charge >= 0.3 is 0 Å². The molecular weight excluding hydrogens is 168 g/mol. The van der Waals surface area contributed by atoms with Crippen molar-refractivity contribution >= 4 is 5.57 Å². The van der Waals surface area contributed by atoms with Crippen molar-refractivity contribution in [3.63, 3.8) is 0 Å². The normalized spacial score (nSPS) is 16.5. The van der Waals surface area contributed by atoms with Crippen molar-refractivity contribution in [3.8, 4) is 0 Å². The molecule has 0 heterocycles. The minimum absolute atomic E-state index is 1.15. The van der Waals surface area contributed by atoms with E-state index < -0.39 is 0 Å². The lowest BCUT2D eigenvalue weighted by atomic mass is 9.90. The molecule has 0 spiro atoms. The van der Waals surface area contributed by atoms with Crippen molar-refractivity contribution in [2.75, 3.05) is 0 Å². The van der Waals surface area contributed by atoms with Gasteiger partial charge in [0.05, 0.1) is 0 Å². The first-order valence-corrected chi connectivity index (χ1v) is 5.69. The van der Waals surface area contributed by atoms with E-state index in [1.165, 1.54) is 36.8 Å². The van der Waals surface area contributed by atoms with Crippen molar-refractivity contribution in [2.45, 2.75) is 39.0 Å². The second kappa shape index (κ2) is 4.45. The van der Waals surface area contributed by atoms with Gasteiger partial charge in [0, 0.05) is 0 Å². The van der Waals surface area contributed by atoms with Crippen molar-refractivity contribution in [3.05, 3.63) is 41.5 Å². The maximum absolute atomic E-state index is 2.43. The summed E-state index contributed by atoms with van der Waals surface area (Å²) in [5.74, 6) is 0. The summed E-state index contributed by atoms with van der Waals surface area (Å²) < 4.78 is 0. The quantitative estimate of drug-likeness (QED) is 0.649. The molecule has 0 radical (unpaired) electrons. The Morgan fingerprint density at radius 1 is 1.14 bits per heavy atom. The molecule has 0 N–H and O–H groups in total. The average Bonchev–Trinajstić information content (AvgIpc) is 2.30. The molecule has 0 atom stereocenters. The third-order valence-corrected chi connectivity index (χ3v) is 3.04. The highest BCUT2D eigenvalue weighted by molar-refractivity contribution is 5.68. The molecule has 0 saturated carbocycles. The second-order valence-electron chi connectivity index (χ2n) is 3.99. The fourth-order valence-electron chi connectivity index (χ4n) is 2.22. The van der Waals surface area contributed by atoms with Crippen LogP contribution in [-0.4, -0.2) is 0 Å². The van der Waals surface area contributed by atoms with Crippen LogP contribution in [0.25, 0.3) is 5.57 Å². The summed E-state index contributed by atoms with van der Waals surface area (Å²) in [7, 11) is 0. The van der Waals surface area contributed by atoms with Crippen molar-refractivity contribution < 1.29 is 0 Å². The summed E-state index contributed by atoms with van der Waals surface area (Å²) in [6.45, 7) is 2.24. The Morgan fingerprint density at radius 2 is 2.00 bits per heavy atom. The Labute approximate surface area is 86.7 Å². The highest BCUT2D eigenvalue weighted by Crippen LogP contribution is 2.28. The number of hydrogen-bond donors (Lipinski definition) is 0. The molecule has 74 valence electrons. The van der Waals surface area contributed by atoms with Gasteiger partial charge in [-0.2, -0.15) is 0 Å². The molecule has 0 unspecified atom stereocenters. The predicted octanol–water partition coefficient (Wildman–Crippen LogP) is 4.21. The minimum Gasteiger partial charge on any atom is -0.0807 e. The highest BCUT2D eigenvalue weighted by atomic mass is 14.1. The maximum Gasteiger partial charge on any atom is -0.0196 e. The van der Waals surface area contributed by atoms with Crippen LogP contribution < -0.4 is 0 Å². The van der Waals surface area contributed by atoms with Crippen LogP contribution in [0.2, 0.25) is 0 Å². The Hall–Kier alpha value is -1.04. The molecule has 14 heavy (non-hydrogen) atoms. The summed E-state index contributed by atoms with van der Waals surface area (Å²) in [6.07, 6.45) is 8.86. The number of hydrogen-bond acceptors (Lipinski definition) is 0. The fraction of sp³-hybridized carbons (Fsp3) is 0.429. The largest absolute Gasteiger partial charge is 0.0807 e. The van der Waals surface area contributed by atoms with E-state index in [9.17, 15) is 0 Å². The topological polar surface area (TPSA) is 0 Å². The van der Waals surface area contributed by atoms with Gasteiger partial charge in [0.2, 0.25) is 0 Å². The first kappa shape index (κ1) is 9.51. The second-order valence-corrected chi connectivity index (χ2v) is 3.99. The van der Waals surface area contributed by atoms with E-state index in [2.05, 4.69) is 37.3 Å². The molecule has 1 aliphatic carbocycles. The molecule has 0 bridgehead atoms. The smallest absolute Gasteiger partial charge is 0.0196 e. The lowest BCUT2D eigenvalue weighted by Gasteiger charge is -2.15. The van der Waals surface area contributed by atoms with Crippen molar-refractivity contribution in [1.29, 1.82) is 0 Å². The van der Waals surface area contributed by atoms with Crippen LogP contribution in [0.5, 0.6) is 0 Å². The average molecular weight is 186 g/mol. The van der Waals surface area contributed by atoms with Gasteiger partial charge in [-0.05, 0) is 48.8 Å². The van der Waals surface area contributed by atoms with Gasteiger partial charge in [-0.1, -0.05) is 37.3 Å². The molecule has 1 aromatic rings. The summed E-state index contributed by atoms with van der Waals surface area (Å²) in [6, 6.07) is 8.83. The molecule has 0 fully saturated rings. The van der Waals surface area contributed by atoms with Gasteiger partial charge in [-0.15, -0.1) is 0 Å². The Bertz CT molecular complexity index is 334. The van der Waals surface area contributed by atoms with Crippen LogP contribution >= 0.6 is 0 Å². The van der Waals surface area contributed by atoms with E-state index in [1.54, 1.807) is 5.57 Å². The molecule has 0 nitrogen and oxygen atoms in total. The summed E-state index contributed by atoms with van der Waals surface area (Å²) in [4.78, 5) is 0. The molecular formula is C14H18. The molecule has 0 aromatic heterocycles. The van der Waals surface area contributed by atoms with E-state index in [0.717, 1.165) is 6.42 Å². The highest BCUT2D eigenvalue weighted by Gasteiger charge is 2.08. The van der Waals surface area contributed by atoms with Crippen LogP contribution in [0.15, 0.2) is 30.3 Å². The zero-order valence-corrected chi connectivity index (χ0v) is 8.92. The van der Waals surface area contributed by atoms with E-state index in [4.69, 9.17) is 0 Å². The predicted molar refractivity (Wildman–Crippen MR) is 62.3 cm³/mol. The van der Waals surface area contributed by atoms with Crippen molar-refractivity contribution in [2.24, 2.45) is 0 Å². The van der Waals surface area contributed by atoms with Crippen molar-refractivity contribution in [1.82, 2.24) is 0 Å². The number of rotatable bonds is 2. The fourth-order valence-corrected chi connectivity index (χ4v) is 2.22. The van der Waals surface area contributed by atoms with E-state index in [-0.39, 0.29) is 0 Å².